The van der Waals surface area contributed by atoms with Crippen LogP contribution < -0.4 is 0 Å². The van der Waals surface area contributed by atoms with Gasteiger partial charge in [0, 0.05) is 35.1 Å². The van der Waals surface area contributed by atoms with Crippen LogP contribution in [0.2, 0.25) is 0 Å². The van der Waals surface area contributed by atoms with Crippen molar-refractivity contribution in [3.05, 3.63) is 35.5 Å². The molecule has 2 aliphatic heterocycles. The smallest absolute Gasteiger partial charge is 0.0582 e. The third-order valence-electron chi connectivity index (χ3n) is 6.21. The lowest BCUT2D eigenvalue weighted by Crippen LogP contribution is -2.40. The number of hydrogen-bond donors (Lipinski definition) is 1. The lowest BCUT2D eigenvalue weighted by atomic mass is 9.75. The summed E-state index contributed by atoms with van der Waals surface area (Å²) in [6.07, 6.45) is 3.31. The molecule has 118 valence electrons. The Hall–Kier alpha value is -1.32. The van der Waals surface area contributed by atoms with Gasteiger partial charge in [-0.05, 0) is 44.4 Å². The Morgan fingerprint density at radius 2 is 2.05 bits per heavy atom. The second kappa shape index (κ2) is 5.10. The van der Waals surface area contributed by atoms with Crippen LogP contribution in [0.4, 0.5) is 0 Å². The standard InChI is InChI=1S/C19H26N2O/c1-3-19(13-22)10-12-20-11-9-15-14-7-5-6-8-16(14)21(4-2)17(15)18(19)20/h5-8,18,22H,3-4,9-13H2,1-2H3. The molecule has 1 saturated heterocycles. The Balaban J connectivity index is 1.99. The molecule has 1 aromatic heterocycles. The van der Waals surface area contributed by atoms with E-state index in [1.54, 1.807) is 0 Å². The van der Waals surface area contributed by atoms with Crippen molar-refractivity contribution in [1.29, 1.82) is 0 Å². The van der Waals surface area contributed by atoms with Crippen molar-refractivity contribution >= 4 is 10.9 Å². The number of aliphatic hydroxyl groups excluding tert-OH is 1. The van der Waals surface area contributed by atoms with Crippen LogP contribution in [0, 0.1) is 5.41 Å². The van der Waals surface area contributed by atoms with Crippen molar-refractivity contribution in [1.82, 2.24) is 9.47 Å². The zero-order chi connectivity index (χ0) is 15.3. The van der Waals surface area contributed by atoms with Gasteiger partial charge in [0.2, 0.25) is 0 Å². The molecule has 0 aliphatic carbocycles. The summed E-state index contributed by atoms with van der Waals surface area (Å²) in [7, 11) is 0. The van der Waals surface area contributed by atoms with Crippen LogP contribution in [0.5, 0.6) is 0 Å². The number of aryl methyl sites for hydroxylation is 1. The lowest BCUT2D eigenvalue weighted by molar-refractivity contribution is 0.0622. The fourth-order valence-electron chi connectivity index (χ4n) is 4.94. The maximum atomic E-state index is 10.2. The van der Waals surface area contributed by atoms with Gasteiger partial charge in [-0.1, -0.05) is 25.1 Å². The molecule has 0 bridgehead atoms. The fourth-order valence-corrected chi connectivity index (χ4v) is 4.94. The van der Waals surface area contributed by atoms with Gasteiger partial charge in [-0.3, -0.25) is 4.90 Å². The number of aliphatic hydroxyl groups is 1. The number of fused-ring (bicyclic) bond motifs is 5. The van der Waals surface area contributed by atoms with Gasteiger partial charge < -0.3 is 9.67 Å². The number of para-hydroxylation sites is 1. The SMILES string of the molecule is CCn1c2c(c3ccccc31)CCN1CCC(CC)(CO)C21. The van der Waals surface area contributed by atoms with Crippen molar-refractivity contribution < 1.29 is 5.11 Å². The maximum Gasteiger partial charge on any atom is 0.0582 e. The van der Waals surface area contributed by atoms with E-state index in [-0.39, 0.29) is 5.41 Å². The van der Waals surface area contributed by atoms with Crippen molar-refractivity contribution in [2.45, 2.75) is 45.7 Å². The Bertz CT molecular complexity index is 666. The fraction of sp³-hybridized carbons (Fsp3) is 0.579. The summed E-state index contributed by atoms with van der Waals surface area (Å²) in [6.45, 7) is 8.06. The third-order valence-corrected chi connectivity index (χ3v) is 6.21. The minimum absolute atomic E-state index is 0.0382. The van der Waals surface area contributed by atoms with Gasteiger partial charge in [0.05, 0.1) is 12.6 Å². The van der Waals surface area contributed by atoms with Crippen LogP contribution >= 0.6 is 0 Å². The zero-order valence-corrected chi connectivity index (χ0v) is 13.7. The van der Waals surface area contributed by atoms with Gasteiger partial charge in [0.15, 0.2) is 0 Å². The van der Waals surface area contributed by atoms with E-state index in [1.165, 1.54) is 22.2 Å². The molecule has 0 radical (unpaired) electrons. The molecule has 4 rings (SSSR count). The summed E-state index contributed by atoms with van der Waals surface area (Å²) in [5.41, 5.74) is 4.43. The molecule has 2 aromatic rings. The maximum absolute atomic E-state index is 10.2. The Kier molecular flexibility index (Phi) is 3.31. The third kappa shape index (κ3) is 1.70. The molecule has 3 heteroatoms. The Labute approximate surface area is 132 Å². The van der Waals surface area contributed by atoms with Gasteiger partial charge in [0.1, 0.15) is 0 Å². The van der Waals surface area contributed by atoms with Crippen molar-refractivity contribution in [2.75, 3.05) is 19.7 Å². The van der Waals surface area contributed by atoms with Gasteiger partial charge in [-0.25, -0.2) is 0 Å². The van der Waals surface area contributed by atoms with Crippen LogP contribution in [-0.4, -0.2) is 34.3 Å². The molecule has 3 heterocycles. The van der Waals surface area contributed by atoms with Gasteiger partial charge in [0.25, 0.3) is 0 Å². The highest BCUT2D eigenvalue weighted by molar-refractivity contribution is 5.86. The average Bonchev–Trinajstić information content (AvgIpc) is 3.10. The van der Waals surface area contributed by atoms with E-state index in [1.807, 2.05) is 0 Å². The van der Waals surface area contributed by atoms with Crippen LogP contribution in [0.15, 0.2) is 24.3 Å². The predicted octanol–water partition coefficient (Wildman–Crippen LogP) is 3.35. The highest BCUT2D eigenvalue weighted by Crippen LogP contribution is 2.53. The van der Waals surface area contributed by atoms with Gasteiger partial charge >= 0.3 is 0 Å². The molecule has 1 fully saturated rings. The molecule has 1 N–H and O–H groups in total. The highest BCUT2D eigenvalue weighted by atomic mass is 16.3. The van der Waals surface area contributed by atoms with Crippen LogP contribution in [0.3, 0.4) is 0 Å². The molecule has 2 unspecified atom stereocenters. The molecule has 3 nitrogen and oxygen atoms in total. The first-order valence-electron chi connectivity index (χ1n) is 8.70. The highest BCUT2D eigenvalue weighted by Gasteiger charge is 2.50. The largest absolute Gasteiger partial charge is 0.396 e. The summed E-state index contributed by atoms with van der Waals surface area (Å²) in [4.78, 5) is 2.62. The molecule has 22 heavy (non-hydrogen) atoms. The predicted molar refractivity (Wildman–Crippen MR) is 90.1 cm³/mol. The van der Waals surface area contributed by atoms with Gasteiger partial charge in [-0.15, -0.1) is 0 Å². The molecule has 0 amide bonds. The number of hydrogen-bond acceptors (Lipinski definition) is 2. The minimum Gasteiger partial charge on any atom is -0.396 e. The normalized spacial score (nSPS) is 28.0. The first-order valence-corrected chi connectivity index (χ1v) is 8.70. The minimum atomic E-state index is 0.0382. The summed E-state index contributed by atoms with van der Waals surface area (Å²) >= 11 is 0. The van der Waals surface area contributed by atoms with E-state index in [0.29, 0.717) is 12.6 Å². The van der Waals surface area contributed by atoms with Crippen LogP contribution in [0.25, 0.3) is 10.9 Å². The second-order valence-corrected chi connectivity index (χ2v) is 6.94. The summed E-state index contributed by atoms with van der Waals surface area (Å²) in [6, 6.07) is 9.22. The zero-order valence-electron chi connectivity index (χ0n) is 13.7. The first-order chi connectivity index (χ1) is 10.8. The molecule has 2 aliphatic rings. The van der Waals surface area contributed by atoms with E-state index in [0.717, 1.165) is 38.9 Å². The number of rotatable bonds is 3. The topological polar surface area (TPSA) is 28.4 Å². The quantitative estimate of drug-likeness (QED) is 0.941. The average molecular weight is 298 g/mol. The molecule has 0 spiro atoms. The van der Waals surface area contributed by atoms with Crippen LogP contribution in [-0.2, 0) is 13.0 Å². The summed E-state index contributed by atoms with van der Waals surface area (Å²) < 4.78 is 2.51. The van der Waals surface area contributed by atoms with E-state index >= 15 is 0 Å². The van der Waals surface area contributed by atoms with E-state index in [4.69, 9.17) is 0 Å². The lowest BCUT2D eigenvalue weighted by Gasteiger charge is -2.40. The number of aromatic nitrogens is 1. The second-order valence-electron chi connectivity index (χ2n) is 6.94. The van der Waals surface area contributed by atoms with E-state index < -0.39 is 0 Å². The molecule has 2 atom stereocenters. The van der Waals surface area contributed by atoms with Crippen molar-refractivity contribution in [3.63, 3.8) is 0 Å². The Morgan fingerprint density at radius 3 is 2.77 bits per heavy atom. The van der Waals surface area contributed by atoms with E-state index in [2.05, 4.69) is 47.6 Å². The van der Waals surface area contributed by atoms with Crippen molar-refractivity contribution in [2.24, 2.45) is 5.41 Å². The summed E-state index contributed by atoms with van der Waals surface area (Å²) in [5, 5.41) is 11.6. The number of benzene rings is 1. The summed E-state index contributed by atoms with van der Waals surface area (Å²) in [5.74, 6) is 0. The molecular weight excluding hydrogens is 272 g/mol. The monoisotopic (exact) mass is 298 g/mol. The Morgan fingerprint density at radius 1 is 1.23 bits per heavy atom. The molecule has 1 aromatic carbocycles. The molecule has 0 saturated carbocycles. The van der Waals surface area contributed by atoms with Gasteiger partial charge in [-0.2, -0.15) is 0 Å². The first kappa shape index (κ1) is 14.3. The van der Waals surface area contributed by atoms with Crippen molar-refractivity contribution in [3.8, 4) is 0 Å². The van der Waals surface area contributed by atoms with Crippen LogP contribution in [0.1, 0.15) is 44.0 Å². The van der Waals surface area contributed by atoms with E-state index in [9.17, 15) is 5.11 Å². The number of nitrogens with zero attached hydrogens (tertiary/aromatic N) is 2. The molecular formula is C19H26N2O.